The van der Waals surface area contributed by atoms with E-state index in [1.807, 2.05) is 6.07 Å². The molecule has 2 rings (SSSR count). The molecule has 0 saturated heterocycles. The molecule has 2 aromatic rings. The fourth-order valence-electron chi connectivity index (χ4n) is 1.33. The molecule has 98 valence electrons. The van der Waals surface area contributed by atoms with Crippen molar-refractivity contribution >= 4 is 44.3 Å². The molecule has 0 atom stereocenters. The van der Waals surface area contributed by atoms with Crippen molar-refractivity contribution in [3.8, 4) is 0 Å². The van der Waals surface area contributed by atoms with Gasteiger partial charge in [0.25, 0.3) is 5.91 Å². The van der Waals surface area contributed by atoms with Crippen LogP contribution in [0.5, 0.6) is 0 Å². The van der Waals surface area contributed by atoms with Crippen LogP contribution in [-0.2, 0) is 4.74 Å². The standard InChI is InChI=1S/C12H9BrN2O3S/c1-18-11(17)9-6-14-12(19-9)15-10(16)7-3-2-4-8(13)5-7/h2-6H,1H3,(H,14,15,16). The summed E-state index contributed by atoms with van der Waals surface area (Å²) in [6, 6.07) is 6.98. The molecule has 0 spiro atoms. The number of benzene rings is 1. The Labute approximate surface area is 121 Å². The van der Waals surface area contributed by atoms with Crippen molar-refractivity contribution in [1.29, 1.82) is 0 Å². The molecule has 0 unspecified atom stereocenters. The minimum absolute atomic E-state index is 0.285. The van der Waals surface area contributed by atoms with Gasteiger partial charge in [0.1, 0.15) is 4.88 Å². The summed E-state index contributed by atoms with van der Waals surface area (Å²) in [5.74, 6) is -0.757. The number of amides is 1. The number of thiazole rings is 1. The first-order chi connectivity index (χ1) is 9.10. The highest BCUT2D eigenvalue weighted by molar-refractivity contribution is 9.10. The molecule has 0 bridgehead atoms. The molecular formula is C12H9BrN2O3S. The smallest absolute Gasteiger partial charge is 0.349 e. The molecule has 1 heterocycles. The van der Waals surface area contributed by atoms with E-state index in [0.29, 0.717) is 15.6 Å². The molecule has 7 heteroatoms. The molecular weight excluding hydrogens is 332 g/mol. The lowest BCUT2D eigenvalue weighted by Crippen LogP contribution is -2.11. The third kappa shape index (κ3) is 3.39. The third-order valence-electron chi connectivity index (χ3n) is 2.20. The van der Waals surface area contributed by atoms with Crippen LogP contribution in [-0.4, -0.2) is 24.0 Å². The Kier molecular flexibility index (Phi) is 4.28. The quantitative estimate of drug-likeness (QED) is 0.872. The maximum Gasteiger partial charge on any atom is 0.349 e. The van der Waals surface area contributed by atoms with Crippen LogP contribution < -0.4 is 5.32 Å². The van der Waals surface area contributed by atoms with Gasteiger partial charge in [0.2, 0.25) is 0 Å². The molecule has 1 aromatic heterocycles. The number of halogens is 1. The fourth-order valence-corrected chi connectivity index (χ4v) is 2.45. The van der Waals surface area contributed by atoms with Gasteiger partial charge in [-0.15, -0.1) is 0 Å². The van der Waals surface area contributed by atoms with Crippen LogP contribution in [0.3, 0.4) is 0 Å². The molecule has 0 aliphatic rings. The number of ether oxygens (including phenoxy) is 1. The van der Waals surface area contributed by atoms with Gasteiger partial charge in [-0.25, -0.2) is 9.78 Å². The van der Waals surface area contributed by atoms with Crippen molar-refractivity contribution in [3.63, 3.8) is 0 Å². The summed E-state index contributed by atoms with van der Waals surface area (Å²) in [5, 5.41) is 2.98. The number of carbonyl (C=O) groups excluding carboxylic acids is 2. The number of anilines is 1. The Morgan fingerprint density at radius 1 is 1.42 bits per heavy atom. The van der Waals surface area contributed by atoms with E-state index in [4.69, 9.17) is 0 Å². The lowest BCUT2D eigenvalue weighted by molar-refractivity contribution is 0.0606. The van der Waals surface area contributed by atoms with Crippen molar-refractivity contribution in [2.45, 2.75) is 0 Å². The lowest BCUT2D eigenvalue weighted by atomic mass is 10.2. The summed E-state index contributed by atoms with van der Waals surface area (Å²) in [4.78, 5) is 27.5. The number of nitrogens with one attached hydrogen (secondary N) is 1. The van der Waals surface area contributed by atoms with Crippen molar-refractivity contribution in [2.24, 2.45) is 0 Å². The van der Waals surface area contributed by atoms with Gasteiger partial charge < -0.3 is 4.74 Å². The Hall–Kier alpha value is -1.73. The Bertz CT molecular complexity index is 627. The second kappa shape index (κ2) is 5.94. The largest absolute Gasteiger partial charge is 0.465 e. The van der Waals surface area contributed by atoms with Crippen LogP contribution in [0.2, 0.25) is 0 Å². The number of hydrogen-bond donors (Lipinski definition) is 1. The number of nitrogens with zero attached hydrogens (tertiary/aromatic N) is 1. The van der Waals surface area contributed by atoms with E-state index in [9.17, 15) is 9.59 Å². The number of esters is 1. The van der Waals surface area contributed by atoms with E-state index in [2.05, 4.69) is 31.0 Å². The van der Waals surface area contributed by atoms with Gasteiger partial charge in [-0.05, 0) is 18.2 Å². The molecule has 5 nitrogen and oxygen atoms in total. The van der Waals surface area contributed by atoms with E-state index >= 15 is 0 Å². The van der Waals surface area contributed by atoms with Crippen molar-refractivity contribution in [1.82, 2.24) is 4.98 Å². The number of methoxy groups -OCH3 is 1. The second-order valence-corrected chi connectivity index (χ2v) is 5.43. The average molecular weight is 341 g/mol. The SMILES string of the molecule is COC(=O)c1cnc(NC(=O)c2cccc(Br)c2)s1. The summed E-state index contributed by atoms with van der Waals surface area (Å²) in [6.45, 7) is 0. The topological polar surface area (TPSA) is 68.3 Å². The van der Waals surface area contributed by atoms with Crippen LogP contribution >= 0.6 is 27.3 Å². The first-order valence-corrected chi connectivity index (χ1v) is 6.82. The molecule has 19 heavy (non-hydrogen) atoms. The van der Waals surface area contributed by atoms with Gasteiger partial charge >= 0.3 is 5.97 Å². The molecule has 0 aliphatic carbocycles. The molecule has 0 saturated carbocycles. The van der Waals surface area contributed by atoms with E-state index in [1.54, 1.807) is 18.2 Å². The van der Waals surface area contributed by atoms with E-state index in [-0.39, 0.29) is 5.91 Å². The molecule has 1 amide bonds. The molecule has 0 aliphatic heterocycles. The van der Waals surface area contributed by atoms with Crippen molar-refractivity contribution in [3.05, 3.63) is 45.4 Å². The minimum Gasteiger partial charge on any atom is -0.465 e. The third-order valence-corrected chi connectivity index (χ3v) is 3.59. The maximum atomic E-state index is 11.9. The number of carbonyl (C=O) groups is 2. The van der Waals surface area contributed by atoms with Crippen molar-refractivity contribution in [2.75, 3.05) is 12.4 Å². The van der Waals surface area contributed by atoms with Gasteiger partial charge in [-0.1, -0.05) is 33.3 Å². The highest BCUT2D eigenvalue weighted by atomic mass is 79.9. The summed E-state index contributed by atoms with van der Waals surface area (Å²) >= 11 is 4.36. The zero-order chi connectivity index (χ0) is 13.8. The number of aromatic nitrogens is 1. The minimum atomic E-state index is -0.472. The van der Waals surface area contributed by atoms with Crippen LogP contribution in [0.25, 0.3) is 0 Å². The van der Waals surface area contributed by atoms with Gasteiger partial charge in [0.15, 0.2) is 5.13 Å². The normalized spacial score (nSPS) is 10.0. The van der Waals surface area contributed by atoms with E-state index in [1.165, 1.54) is 13.3 Å². The average Bonchev–Trinajstić information content (AvgIpc) is 2.86. The van der Waals surface area contributed by atoms with E-state index in [0.717, 1.165) is 15.8 Å². The highest BCUT2D eigenvalue weighted by Gasteiger charge is 2.13. The zero-order valence-electron chi connectivity index (χ0n) is 9.84. The van der Waals surface area contributed by atoms with Crippen LogP contribution in [0.4, 0.5) is 5.13 Å². The molecule has 1 N–H and O–H groups in total. The van der Waals surface area contributed by atoms with Crippen LogP contribution in [0.1, 0.15) is 20.0 Å². The molecule has 0 radical (unpaired) electrons. The Balaban J connectivity index is 2.11. The fraction of sp³-hybridized carbons (Fsp3) is 0.0833. The Morgan fingerprint density at radius 3 is 2.89 bits per heavy atom. The predicted octanol–water partition coefficient (Wildman–Crippen LogP) is 2.94. The second-order valence-electron chi connectivity index (χ2n) is 3.49. The van der Waals surface area contributed by atoms with E-state index < -0.39 is 5.97 Å². The van der Waals surface area contributed by atoms with Gasteiger partial charge in [0.05, 0.1) is 13.3 Å². The first-order valence-electron chi connectivity index (χ1n) is 5.21. The summed E-state index contributed by atoms with van der Waals surface area (Å²) in [6.07, 6.45) is 1.37. The monoisotopic (exact) mass is 340 g/mol. The lowest BCUT2D eigenvalue weighted by Gasteiger charge is -2.01. The zero-order valence-corrected chi connectivity index (χ0v) is 12.2. The summed E-state index contributed by atoms with van der Waals surface area (Å²) < 4.78 is 5.38. The van der Waals surface area contributed by atoms with Crippen LogP contribution in [0, 0.1) is 0 Å². The molecule has 1 aromatic carbocycles. The predicted molar refractivity (Wildman–Crippen MR) is 75.5 cm³/mol. The van der Waals surface area contributed by atoms with Crippen molar-refractivity contribution < 1.29 is 14.3 Å². The number of rotatable bonds is 3. The Morgan fingerprint density at radius 2 is 2.21 bits per heavy atom. The maximum absolute atomic E-state index is 11.9. The summed E-state index contributed by atoms with van der Waals surface area (Å²) in [5.41, 5.74) is 0.504. The molecule has 0 fully saturated rings. The van der Waals surface area contributed by atoms with Gasteiger partial charge in [-0.3, -0.25) is 10.1 Å². The first kappa shape index (κ1) is 13.7. The highest BCUT2D eigenvalue weighted by Crippen LogP contribution is 2.20. The van der Waals surface area contributed by atoms with Gasteiger partial charge in [-0.2, -0.15) is 0 Å². The van der Waals surface area contributed by atoms with Gasteiger partial charge in [0, 0.05) is 10.0 Å². The number of hydrogen-bond acceptors (Lipinski definition) is 5. The summed E-state index contributed by atoms with van der Waals surface area (Å²) in [7, 11) is 1.29. The van der Waals surface area contributed by atoms with Crippen LogP contribution in [0.15, 0.2) is 34.9 Å².